The maximum Gasteiger partial charge on any atom is 0.337 e. The summed E-state index contributed by atoms with van der Waals surface area (Å²) in [5.74, 6) is -1.05. The first-order valence-electron chi connectivity index (χ1n) is 6.61. The van der Waals surface area contributed by atoms with E-state index < -0.39 is 10.9 Å². The van der Waals surface area contributed by atoms with Gasteiger partial charge in [0.1, 0.15) is 0 Å². The van der Waals surface area contributed by atoms with E-state index in [2.05, 4.69) is 0 Å². The summed E-state index contributed by atoms with van der Waals surface area (Å²) in [6.07, 6.45) is 1.52. The van der Waals surface area contributed by atoms with E-state index in [-0.39, 0.29) is 11.3 Å². The Balaban J connectivity index is 2.17. The van der Waals surface area contributed by atoms with Crippen molar-refractivity contribution in [3.63, 3.8) is 0 Å². The SMILES string of the molecule is O=C(O)c1cn(Cc2ccccc2)c2cc([N+](=O)[O-])ccc12. The molecule has 0 atom stereocenters. The van der Waals surface area contributed by atoms with E-state index in [4.69, 9.17) is 0 Å². The zero-order valence-electron chi connectivity index (χ0n) is 11.5. The Hall–Kier alpha value is -3.15. The molecule has 6 nitrogen and oxygen atoms in total. The number of rotatable bonds is 4. The van der Waals surface area contributed by atoms with Crippen LogP contribution in [0.1, 0.15) is 15.9 Å². The number of aromatic carboxylic acids is 1. The van der Waals surface area contributed by atoms with Crippen molar-refractivity contribution in [3.8, 4) is 0 Å². The van der Waals surface area contributed by atoms with Crippen molar-refractivity contribution in [2.75, 3.05) is 0 Å². The monoisotopic (exact) mass is 296 g/mol. The summed E-state index contributed by atoms with van der Waals surface area (Å²) in [5, 5.41) is 20.7. The van der Waals surface area contributed by atoms with Crippen molar-refractivity contribution in [3.05, 3.63) is 76.0 Å². The average molecular weight is 296 g/mol. The topological polar surface area (TPSA) is 85.4 Å². The highest BCUT2D eigenvalue weighted by Gasteiger charge is 2.17. The molecular weight excluding hydrogens is 284 g/mol. The first-order valence-corrected chi connectivity index (χ1v) is 6.61. The van der Waals surface area contributed by atoms with Gasteiger partial charge in [0.15, 0.2) is 0 Å². The molecule has 110 valence electrons. The van der Waals surface area contributed by atoms with E-state index in [9.17, 15) is 20.0 Å². The smallest absolute Gasteiger partial charge is 0.337 e. The summed E-state index contributed by atoms with van der Waals surface area (Å²) >= 11 is 0. The largest absolute Gasteiger partial charge is 0.478 e. The molecule has 1 N–H and O–H groups in total. The summed E-state index contributed by atoms with van der Waals surface area (Å²) in [4.78, 5) is 21.8. The molecule has 0 aliphatic heterocycles. The van der Waals surface area contributed by atoms with Crippen LogP contribution in [0.15, 0.2) is 54.7 Å². The quantitative estimate of drug-likeness (QED) is 0.591. The molecule has 0 amide bonds. The van der Waals surface area contributed by atoms with Gasteiger partial charge in [-0.3, -0.25) is 10.1 Å². The van der Waals surface area contributed by atoms with Crippen LogP contribution in [0, 0.1) is 10.1 Å². The normalized spacial score (nSPS) is 10.7. The highest BCUT2D eigenvalue weighted by Crippen LogP contribution is 2.26. The van der Waals surface area contributed by atoms with E-state index in [1.165, 1.54) is 24.4 Å². The molecule has 22 heavy (non-hydrogen) atoms. The standard InChI is InChI=1S/C16H12N2O4/c19-16(20)14-10-17(9-11-4-2-1-3-5-11)15-8-12(18(21)22)6-7-13(14)15/h1-8,10H,9H2,(H,19,20). The van der Waals surface area contributed by atoms with Crippen LogP contribution in [0.25, 0.3) is 10.9 Å². The third-order valence-electron chi connectivity index (χ3n) is 3.50. The lowest BCUT2D eigenvalue weighted by Gasteiger charge is -2.05. The molecule has 0 unspecified atom stereocenters. The zero-order chi connectivity index (χ0) is 15.7. The van der Waals surface area contributed by atoms with E-state index in [1.54, 1.807) is 4.57 Å². The van der Waals surface area contributed by atoms with Crippen molar-refractivity contribution < 1.29 is 14.8 Å². The number of nitrogens with zero attached hydrogens (tertiary/aromatic N) is 2. The van der Waals surface area contributed by atoms with Crippen LogP contribution in [0.5, 0.6) is 0 Å². The highest BCUT2D eigenvalue weighted by atomic mass is 16.6. The molecule has 3 aromatic rings. The molecule has 1 aromatic heterocycles. The number of non-ortho nitro benzene ring substituents is 1. The number of fused-ring (bicyclic) bond motifs is 1. The summed E-state index contributed by atoms with van der Waals surface area (Å²) in [6, 6.07) is 13.7. The number of nitro groups is 1. The fraction of sp³-hybridized carbons (Fsp3) is 0.0625. The maximum atomic E-state index is 11.4. The van der Waals surface area contributed by atoms with Crippen molar-refractivity contribution >= 4 is 22.6 Å². The number of carbonyl (C=O) groups is 1. The minimum atomic E-state index is -1.05. The number of hydrogen-bond acceptors (Lipinski definition) is 3. The van der Waals surface area contributed by atoms with Gasteiger partial charge in [-0.1, -0.05) is 30.3 Å². The Morgan fingerprint density at radius 3 is 2.55 bits per heavy atom. The molecule has 0 aliphatic rings. The summed E-state index contributed by atoms with van der Waals surface area (Å²) in [6.45, 7) is 0.450. The molecule has 6 heteroatoms. The number of carboxylic acids is 1. The Morgan fingerprint density at radius 1 is 1.18 bits per heavy atom. The van der Waals surface area contributed by atoms with Crippen LogP contribution < -0.4 is 0 Å². The molecule has 0 saturated heterocycles. The molecule has 0 aliphatic carbocycles. The van der Waals surface area contributed by atoms with Gasteiger partial charge in [0, 0.05) is 30.3 Å². The molecule has 0 bridgehead atoms. The third kappa shape index (κ3) is 2.42. The average Bonchev–Trinajstić information content (AvgIpc) is 2.86. The van der Waals surface area contributed by atoms with E-state index in [1.807, 2.05) is 30.3 Å². The number of carboxylic acid groups (broad SMARTS) is 1. The van der Waals surface area contributed by atoms with Crippen LogP contribution in [-0.4, -0.2) is 20.6 Å². The van der Waals surface area contributed by atoms with Crippen LogP contribution in [0.4, 0.5) is 5.69 Å². The first-order chi connectivity index (χ1) is 10.6. The van der Waals surface area contributed by atoms with Crippen LogP contribution >= 0.6 is 0 Å². The van der Waals surface area contributed by atoms with Gasteiger partial charge in [0.05, 0.1) is 16.0 Å². The van der Waals surface area contributed by atoms with Crippen molar-refractivity contribution in [1.29, 1.82) is 0 Å². The van der Waals surface area contributed by atoms with Crippen molar-refractivity contribution in [2.24, 2.45) is 0 Å². The van der Waals surface area contributed by atoms with Gasteiger partial charge in [0.25, 0.3) is 5.69 Å². The van der Waals surface area contributed by atoms with E-state index in [0.29, 0.717) is 17.4 Å². The van der Waals surface area contributed by atoms with E-state index in [0.717, 1.165) is 5.56 Å². The van der Waals surface area contributed by atoms with Crippen molar-refractivity contribution in [2.45, 2.75) is 6.54 Å². The van der Waals surface area contributed by atoms with Crippen molar-refractivity contribution in [1.82, 2.24) is 4.57 Å². The number of aromatic nitrogens is 1. The molecule has 3 rings (SSSR count). The number of benzene rings is 2. The van der Waals surface area contributed by atoms with Gasteiger partial charge in [-0.15, -0.1) is 0 Å². The summed E-state index contributed by atoms with van der Waals surface area (Å²) < 4.78 is 1.72. The Morgan fingerprint density at radius 2 is 1.91 bits per heavy atom. The van der Waals surface area contributed by atoms with Gasteiger partial charge < -0.3 is 9.67 Å². The second kappa shape index (κ2) is 5.33. The fourth-order valence-corrected chi connectivity index (χ4v) is 2.48. The minimum Gasteiger partial charge on any atom is -0.478 e. The van der Waals surface area contributed by atoms with Gasteiger partial charge >= 0.3 is 5.97 Å². The van der Waals surface area contributed by atoms with Gasteiger partial charge in [-0.2, -0.15) is 0 Å². The maximum absolute atomic E-state index is 11.4. The highest BCUT2D eigenvalue weighted by molar-refractivity contribution is 6.04. The van der Waals surface area contributed by atoms with Gasteiger partial charge in [-0.25, -0.2) is 4.79 Å². The lowest BCUT2D eigenvalue weighted by Crippen LogP contribution is -1.98. The molecule has 0 radical (unpaired) electrons. The molecule has 0 fully saturated rings. The Labute approximate surface area is 125 Å². The summed E-state index contributed by atoms with van der Waals surface area (Å²) in [7, 11) is 0. The zero-order valence-corrected chi connectivity index (χ0v) is 11.5. The minimum absolute atomic E-state index is 0.0585. The fourth-order valence-electron chi connectivity index (χ4n) is 2.48. The Bertz CT molecular complexity index is 868. The van der Waals surface area contributed by atoms with Crippen LogP contribution in [-0.2, 0) is 6.54 Å². The molecular formula is C16H12N2O4. The van der Waals surface area contributed by atoms with Crippen LogP contribution in [0.2, 0.25) is 0 Å². The van der Waals surface area contributed by atoms with E-state index >= 15 is 0 Å². The lowest BCUT2D eigenvalue weighted by molar-refractivity contribution is -0.384. The lowest BCUT2D eigenvalue weighted by atomic mass is 10.1. The molecule has 2 aromatic carbocycles. The summed E-state index contributed by atoms with van der Waals surface area (Å²) in [5.41, 5.74) is 1.61. The molecule has 0 saturated carbocycles. The predicted molar refractivity (Wildman–Crippen MR) is 81.1 cm³/mol. The second-order valence-electron chi connectivity index (χ2n) is 4.92. The second-order valence-corrected chi connectivity index (χ2v) is 4.92. The predicted octanol–water partition coefficient (Wildman–Crippen LogP) is 3.30. The van der Waals surface area contributed by atoms with Gasteiger partial charge in [-0.05, 0) is 11.6 Å². The third-order valence-corrected chi connectivity index (χ3v) is 3.50. The van der Waals surface area contributed by atoms with Crippen LogP contribution in [0.3, 0.4) is 0 Å². The number of nitro benzene ring substituents is 1. The molecule has 0 spiro atoms. The Kier molecular flexibility index (Phi) is 3.34. The molecule has 1 heterocycles. The number of hydrogen-bond donors (Lipinski definition) is 1. The van der Waals surface area contributed by atoms with Gasteiger partial charge in [0.2, 0.25) is 0 Å². The first kappa shape index (κ1) is 13.8.